The number of H-pyrrole nitrogens is 1. The smallest absolute Gasteiger partial charge is 0.291 e. The number of carbonyl (C=O) groups is 1. The molecule has 1 amide bonds. The molecule has 0 spiro atoms. The number of benzene rings is 1. The number of aromatic nitrogens is 2. The van der Waals surface area contributed by atoms with Crippen molar-refractivity contribution >= 4 is 12.1 Å². The van der Waals surface area contributed by atoms with Crippen molar-refractivity contribution in [1.29, 1.82) is 0 Å². The minimum atomic E-state index is -0.452. The third-order valence-corrected chi connectivity index (χ3v) is 3.07. The quantitative estimate of drug-likeness (QED) is 0.508. The molecular weight excluding hydrogens is 296 g/mol. The highest BCUT2D eigenvalue weighted by atomic mass is 16.3. The fourth-order valence-corrected chi connectivity index (χ4v) is 1.97. The first-order valence-corrected chi connectivity index (χ1v) is 6.86. The lowest BCUT2D eigenvalue weighted by molar-refractivity contribution is 0.0950. The predicted octanol–water partition coefficient (Wildman–Crippen LogP) is 2.45. The van der Waals surface area contributed by atoms with E-state index in [-0.39, 0.29) is 11.4 Å². The molecule has 0 aliphatic carbocycles. The van der Waals surface area contributed by atoms with E-state index in [4.69, 9.17) is 4.42 Å². The van der Waals surface area contributed by atoms with Crippen molar-refractivity contribution in [2.24, 2.45) is 5.10 Å². The van der Waals surface area contributed by atoms with Crippen LogP contribution >= 0.6 is 0 Å². The summed E-state index contributed by atoms with van der Waals surface area (Å²) in [6, 6.07) is 11.7. The maximum Gasteiger partial charge on any atom is 0.291 e. The number of aromatic hydroxyl groups is 1. The van der Waals surface area contributed by atoms with E-state index < -0.39 is 5.91 Å². The van der Waals surface area contributed by atoms with E-state index >= 15 is 0 Å². The SMILES string of the molecule is Cc1ccc(-c2cc(C(=O)NN=Cc3cccc(O)c3)n[nH]2)o1. The molecule has 0 aliphatic rings. The maximum atomic E-state index is 12.0. The number of furan rings is 1. The Morgan fingerprint density at radius 1 is 1.35 bits per heavy atom. The van der Waals surface area contributed by atoms with Crippen LogP contribution in [0.2, 0.25) is 0 Å². The lowest BCUT2D eigenvalue weighted by atomic mass is 10.2. The van der Waals surface area contributed by atoms with Crippen molar-refractivity contribution in [3.8, 4) is 17.2 Å². The lowest BCUT2D eigenvalue weighted by Gasteiger charge is -1.96. The molecular formula is C16H14N4O3. The van der Waals surface area contributed by atoms with Gasteiger partial charge in [-0.05, 0) is 36.8 Å². The van der Waals surface area contributed by atoms with Gasteiger partial charge < -0.3 is 9.52 Å². The van der Waals surface area contributed by atoms with Crippen LogP contribution in [0.3, 0.4) is 0 Å². The van der Waals surface area contributed by atoms with E-state index in [9.17, 15) is 9.90 Å². The van der Waals surface area contributed by atoms with Gasteiger partial charge in [0.05, 0.1) is 6.21 Å². The first kappa shape index (κ1) is 14.6. The van der Waals surface area contributed by atoms with E-state index in [1.165, 1.54) is 12.3 Å². The highest BCUT2D eigenvalue weighted by Crippen LogP contribution is 2.20. The summed E-state index contributed by atoms with van der Waals surface area (Å²) in [5, 5.41) is 19.8. The van der Waals surface area contributed by atoms with Gasteiger partial charge in [-0.25, -0.2) is 5.43 Å². The Morgan fingerprint density at radius 2 is 2.22 bits per heavy atom. The zero-order valence-electron chi connectivity index (χ0n) is 12.3. The molecule has 7 nitrogen and oxygen atoms in total. The van der Waals surface area contributed by atoms with Crippen LogP contribution in [-0.4, -0.2) is 27.4 Å². The van der Waals surface area contributed by atoms with Gasteiger partial charge in [-0.3, -0.25) is 9.89 Å². The van der Waals surface area contributed by atoms with Crippen molar-refractivity contribution in [2.45, 2.75) is 6.92 Å². The predicted molar refractivity (Wildman–Crippen MR) is 84.2 cm³/mol. The number of hydrazone groups is 1. The zero-order chi connectivity index (χ0) is 16.2. The summed E-state index contributed by atoms with van der Waals surface area (Å²) in [6.45, 7) is 1.84. The van der Waals surface area contributed by atoms with Crippen molar-refractivity contribution in [2.75, 3.05) is 0 Å². The number of nitrogens with zero attached hydrogens (tertiary/aromatic N) is 2. The van der Waals surface area contributed by atoms with Gasteiger partial charge >= 0.3 is 0 Å². The van der Waals surface area contributed by atoms with E-state index in [0.29, 0.717) is 17.0 Å². The Morgan fingerprint density at radius 3 is 2.96 bits per heavy atom. The molecule has 0 saturated heterocycles. The van der Waals surface area contributed by atoms with Gasteiger partial charge in [0.15, 0.2) is 11.5 Å². The van der Waals surface area contributed by atoms with Gasteiger partial charge in [-0.15, -0.1) is 0 Å². The van der Waals surface area contributed by atoms with Crippen LogP contribution in [0.25, 0.3) is 11.5 Å². The van der Waals surface area contributed by atoms with Crippen LogP contribution in [0.4, 0.5) is 0 Å². The zero-order valence-corrected chi connectivity index (χ0v) is 12.3. The number of nitrogens with one attached hydrogen (secondary N) is 2. The van der Waals surface area contributed by atoms with E-state index in [2.05, 4.69) is 20.7 Å². The van der Waals surface area contributed by atoms with Crippen molar-refractivity contribution in [3.63, 3.8) is 0 Å². The van der Waals surface area contributed by atoms with Crippen LogP contribution in [0.5, 0.6) is 5.75 Å². The molecule has 0 aliphatic heterocycles. The Labute approximate surface area is 131 Å². The van der Waals surface area contributed by atoms with E-state index in [1.54, 1.807) is 30.3 Å². The number of amides is 1. The summed E-state index contributed by atoms with van der Waals surface area (Å²) in [5.41, 5.74) is 3.85. The molecule has 23 heavy (non-hydrogen) atoms. The van der Waals surface area contributed by atoms with Gasteiger partial charge in [0.25, 0.3) is 5.91 Å². The number of carbonyl (C=O) groups excluding carboxylic acids is 1. The third kappa shape index (κ3) is 3.46. The Bertz CT molecular complexity index is 864. The second kappa shape index (κ2) is 6.18. The molecule has 0 bridgehead atoms. The standard InChI is InChI=1S/C16H14N4O3/c1-10-5-6-15(23-10)13-8-14(19-18-13)16(22)20-17-9-11-3-2-4-12(21)7-11/h2-9,21H,1H3,(H,18,19)(H,20,22). The van der Waals surface area contributed by atoms with Crippen LogP contribution in [-0.2, 0) is 0 Å². The normalized spacial score (nSPS) is 11.0. The molecule has 7 heteroatoms. The molecule has 0 fully saturated rings. The summed E-state index contributed by atoms with van der Waals surface area (Å²) in [6.07, 6.45) is 1.43. The molecule has 1 aromatic carbocycles. The summed E-state index contributed by atoms with van der Waals surface area (Å²) in [4.78, 5) is 12.0. The number of phenolic OH excluding ortho intramolecular Hbond substituents is 1. The van der Waals surface area contributed by atoms with Crippen molar-refractivity contribution in [1.82, 2.24) is 15.6 Å². The summed E-state index contributed by atoms with van der Waals surface area (Å²) in [7, 11) is 0. The number of aromatic amines is 1. The van der Waals surface area contributed by atoms with Crippen molar-refractivity contribution < 1.29 is 14.3 Å². The molecule has 3 aromatic rings. The molecule has 2 aromatic heterocycles. The highest BCUT2D eigenvalue weighted by molar-refractivity contribution is 5.94. The first-order valence-electron chi connectivity index (χ1n) is 6.86. The molecule has 2 heterocycles. The van der Waals surface area contributed by atoms with Crippen LogP contribution in [0.15, 0.2) is 52.0 Å². The van der Waals surface area contributed by atoms with E-state index in [1.807, 2.05) is 13.0 Å². The van der Waals surface area contributed by atoms with Crippen LogP contribution in [0, 0.1) is 6.92 Å². The average Bonchev–Trinajstić information content (AvgIpc) is 3.16. The number of rotatable bonds is 4. The summed E-state index contributed by atoms with van der Waals surface area (Å²) in [5.74, 6) is 1.06. The lowest BCUT2D eigenvalue weighted by Crippen LogP contribution is -2.17. The molecule has 116 valence electrons. The first-order chi connectivity index (χ1) is 11.1. The number of hydrogen-bond acceptors (Lipinski definition) is 5. The topological polar surface area (TPSA) is 104 Å². The van der Waals surface area contributed by atoms with Gasteiger partial charge in [0.1, 0.15) is 17.2 Å². The maximum absolute atomic E-state index is 12.0. The van der Waals surface area contributed by atoms with Gasteiger partial charge in [-0.1, -0.05) is 12.1 Å². The third-order valence-electron chi connectivity index (χ3n) is 3.07. The second-order valence-corrected chi connectivity index (χ2v) is 4.87. The summed E-state index contributed by atoms with van der Waals surface area (Å²) < 4.78 is 5.46. The molecule has 0 atom stereocenters. The van der Waals surface area contributed by atoms with Crippen molar-refractivity contribution in [3.05, 3.63) is 59.5 Å². The van der Waals surface area contributed by atoms with E-state index in [0.717, 1.165) is 5.76 Å². The highest BCUT2D eigenvalue weighted by Gasteiger charge is 2.12. The fourth-order valence-electron chi connectivity index (χ4n) is 1.97. The van der Waals surface area contributed by atoms with Crippen LogP contribution < -0.4 is 5.43 Å². The summed E-state index contributed by atoms with van der Waals surface area (Å²) >= 11 is 0. The molecule has 0 saturated carbocycles. The Hall–Kier alpha value is -3.35. The second-order valence-electron chi connectivity index (χ2n) is 4.87. The number of hydrogen-bond donors (Lipinski definition) is 3. The monoisotopic (exact) mass is 310 g/mol. The molecule has 0 unspecified atom stereocenters. The minimum absolute atomic E-state index is 0.131. The Balaban J connectivity index is 1.66. The molecule has 3 N–H and O–H groups in total. The van der Waals surface area contributed by atoms with Gasteiger partial charge in [0.2, 0.25) is 0 Å². The average molecular weight is 310 g/mol. The van der Waals surface area contributed by atoms with Gasteiger partial charge in [-0.2, -0.15) is 10.2 Å². The minimum Gasteiger partial charge on any atom is -0.508 e. The molecule has 3 rings (SSSR count). The van der Waals surface area contributed by atoms with Crippen LogP contribution in [0.1, 0.15) is 21.8 Å². The number of phenols is 1. The Kier molecular flexibility index (Phi) is 3.92. The van der Waals surface area contributed by atoms with Gasteiger partial charge in [0, 0.05) is 6.07 Å². The fraction of sp³-hybridized carbons (Fsp3) is 0.0625. The molecule has 0 radical (unpaired) electrons. The number of aryl methyl sites for hydroxylation is 1. The largest absolute Gasteiger partial charge is 0.508 e.